The molecule has 2 aromatic rings. The highest BCUT2D eigenvalue weighted by Crippen LogP contribution is 2.19. The number of thiophene rings is 1. The van der Waals surface area contributed by atoms with Gasteiger partial charge in [-0.1, -0.05) is 18.9 Å². The maximum atomic E-state index is 11.7. The number of amides is 1. The minimum atomic E-state index is -0.568. The van der Waals surface area contributed by atoms with Gasteiger partial charge in [0.1, 0.15) is 0 Å². The van der Waals surface area contributed by atoms with Gasteiger partial charge in [0, 0.05) is 6.04 Å². The molecule has 0 aromatic carbocycles. The number of tetrazole rings is 1. The molecular formula is C14H17N5O3S. The molecule has 0 unspecified atom stereocenters. The van der Waals surface area contributed by atoms with Crippen LogP contribution in [0.5, 0.6) is 0 Å². The van der Waals surface area contributed by atoms with Crippen LogP contribution in [0.25, 0.3) is 10.7 Å². The quantitative estimate of drug-likeness (QED) is 0.791. The van der Waals surface area contributed by atoms with E-state index < -0.39 is 5.97 Å². The summed E-state index contributed by atoms with van der Waals surface area (Å²) in [6, 6.07) is 3.97. The number of nitrogens with one attached hydrogen (secondary N) is 1. The summed E-state index contributed by atoms with van der Waals surface area (Å²) in [5.41, 5.74) is 0. The molecule has 1 saturated carbocycles. The van der Waals surface area contributed by atoms with Crippen molar-refractivity contribution in [3.8, 4) is 10.7 Å². The van der Waals surface area contributed by atoms with Crippen LogP contribution in [0.2, 0.25) is 0 Å². The Balaban J connectivity index is 1.43. The highest BCUT2D eigenvalue weighted by atomic mass is 32.1. The average Bonchev–Trinajstić information content (AvgIpc) is 3.27. The van der Waals surface area contributed by atoms with Crippen molar-refractivity contribution >= 4 is 23.2 Å². The minimum absolute atomic E-state index is 0.172. The van der Waals surface area contributed by atoms with Gasteiger partial charge in [-0.2, -0.15) is 4.80 Å². The summed E-state index contributed by atoms with van der Waals surface area (Å²) in [6.07, 6.45) is 4.26. The number of aromatic nitrogens is 4. The molecule has 2 aromatic heterocycles. The molecule has 1 amide bonds. The number of carbonyl (C=O) groups excluding carboxylic acids is 2. The number of ether oxygens (including phenoxy) is 1. The zero-order valence-corrected chi connectivity index (χ0v) is 13.3. The van der Waals surface area contributed by atoms with Gasteiger partial charge in [0.05, 0.1) is 4.88 Å². The number of hydrogen-bond acceptors (Lipinski definition) is 7. The first kappa shape index (κ1) is 15.6. The molecule has 0 bridgehead atoms. The van der Waals surface area contributed by atoms with E-state index in [4.69, 9.17) is 4.74 Å². The third-order valence-electron chi connectivity index (χ3n) is 3.55. The molecular weight excluding hydrogens is 318 g/mol. The van der Waals surface area contributed by atoms with Crippen molar-refractivity contribution in [2.75, 3.05) is 6.61 Å². The zero-order chi connectivity index (χ0) is 16.1. The summed E-state index contributed by atoms with van der Waals surface area (Å²) in [5, 5.41) is 16.6. The maximum absolute atomic E-state index is 11.7. The van der Waals surface area contributed by atoms with Crippen molar-refractivity contribution in [2.24, 2.45) is 0 Å². The van der Waals surface area contributed by atoms with Gasteiger partial charge in [-0.3, -0.25) is 4.79 Å². The molecule has 0 saturated heterocycles. The van der Waals surface area contributed by atoms with Crippen molar-refractivity contribution in [1.29, 1.82) is 0 Å². The summed E-state index contributed by atoms with van der Waals surface area (Å²) in [6.45, 7) is -0.448. The van der Waals surface area contributed by atoms with Crippen LogP contribution in [0, 0.1) is 0 Å². The summed E-state index contributed by atoms with van der Waals surface area (Å²) in [4.78, 5) is 25.4. The third kappa shape index (κ3) is 4.35. The van der Waals surface area contributed by atoms with E-state index in [-0.39, 0.29) is 25.1 Å². The minimum Gasteiger partial charge on any atom is -0.454 e. The molecule has 0 aliphatic heterocycles. The predicted molar refractivity (Wildman–Crippen MR) is 82.5 cm³/mol. The average molecular weight is 335 g/mol. The van der Waals surface area contributed by atoms with E-state index in [1.54, 1.807) is 0 Å². The van der Waals surface area contributed by atoms with E-state index in [1.165, 1.54) is 11.3 Å². The number of rotatable bonds is 6. The monoisotopic (exact) mass is 335 g/mol. The second-order valence-electron chi connectivity index (χ2n) is 5.33. The van der Waals surface area contributed by atoms with Crippen molar-refractivity contribution < 1.29 is 14.3 Å². The Morgan fingerprint density at radius 3 is 2.96 bits per heavy atom. The first-order valence-corrected chi connectivity index (χ1v) is 8.35. The van der Waals surface area contributed by atoms with Crippen molar-refractivity contribution in [3.63, 3.8) is 0 Å². The van der Waals surface area contributed by atoms with Crippen LogP contribution in [0.15, 0.2) is 17.5 Å². The zero-order valence-electron chi connectivity index (χ0n) is 12.5. The molecule has 1 aliphatic carbocycles. The van der Waals surface area contributed by atoms with Crippen LogP contribution >= 0.6 is 11.3 Å². The van der Waals surface area contributed by atoms with E-state index in [1.807, 2.05) is 17.5 Å². The number of hydrogen-bond donors (Lipinski definition) is 1. The SMILES string of the molecule is O=C(COC(=O)Cn1nnc(-c2cccs2)n1)NC1CCCC1. The lowest BCUT2D eigenvalue weighted by Gasteiger charge is -2.11. The van der Waals surface area contributed by atoms with Gasteiger partial charge in [0.15, 0.2) is 13.2 Å². The molecule has 1 N–H and O–H groups in total. The van der Waals surface area contributed by atoms with Gasteiger partial charge >= 0.3 is 5.97 Å². The maximum Gasteiger partial charge on any atom is 0.330 e. The fourth-order valence-electron chi connectivity index (χ4n) is 2.46. The van der Waals surface area contributed by atoms with Crippen molar-refractivity contribution in [2.45, 2.75) is 38.3 Å². The van der Waals surface area contributed by atoms with E-state index >= 15 is 0 Å². The van der Waals surface area contributed by atoms with Crippen LogP contribution in [0.4, 0.5) is 0 Å². The van der Waals surface area contributed by atoms with E-state index in [9.17, 15) is 9.59 Å². The van der Waals surface area contributed by atoms with E-state index in [2.05, 4.69) is 20.7 Å². The Labute approximate surface area is 136 Å². The second-order valence-corrected chi connectivity index (χ2v) is 6.28. The molecule has 0 spiro atoms. The highest BCUT2D eigenvalue weighted by Gasteiger charge is 2.18. The topological polar surface area (TPSA) is 99.0 Å². The summed E-state index contributed by atoms with van der Waals surface area (Å²) >= 11 is 1.49. The van der Waals surface area contributed by atoms with Crippen LogP contribution < -0.4 is 5.32 Å². The first-order chi connectivity index (χ1) is 11.2. The lowest BCUT2D eigenvalue weighted by molar-refractivity contribution is -0.149. The summed E-state index contributed by atoms with van der Waals surface area (Å²) in [5.74, 6) is -0.371. The Morgan fingerprint density at radius 1 is 1.39 bits per heavy atom. The van der Waals surface area contributed by atoms with Gasteiger partial charge in [-0.15, -0.1) is 21.5 Å². The molecule has 23 heavy (non-hydrogen) atoms. The van der Waals surface area contributed by atoms with Gasteiger partial charge in [-0.05, 0) is 29.5 Å². The molecule has 0 radical (unpaired) electrons. The van der Waals surface area contributed by atoms with Crippen molar-refractivity contribution in [3.05, 3.63) is 17.5 Å². The third-order valence-corrected chi connectivity index (χ3v) is 4.42. The molecule has 122 valence electrons. The normalized spacial score (nSPS) is 14.8. The van der Waals surface area contributed by atoms with Crippen LogP contribution in [0.1, 0.15) is 25.7 Å². The van der Waals surface area contributed by atoms with Gasteiger partial charge in [-0.25, -0.2) is 4.79 Å². The Morgan fingerprint density at radius 2 is 2.22 bits per heavy atom. The van der Waals surface area contributed by atoms with Crippen LogP contribution in [-0.4, -0.2) is 44.7 Å². The molecule has 1 fully saturated rings. The van der Waals surface area contributed by atoms with Gasteiger partial charge in [0.2, 0.25) is 5.82 Å². The Bertz CT molecular complexity index is 664. The fraction of sp³-hybridized carbons (Fsp3) is 0.500. The number of carbonyl (C=O) groups is 2. The van der Waals surface area contributed by atoms with Gasteiger partial charge < -0.3 is 10.1 Å². The van der Waals surface area contributed by atoms with E-state index in [0.717, 1.165) is 35.4 Å². The van der Waals surface area contributed by atoms with Crippen molar-refractivity contribution in [1.82, 2.24) is 25.5 Å². The predicted octanol–water partition coefficient (Wildman–Crippen LogP) is 1.00. The molecule has 2 heterocycles. The fourth-order valence-corrected chi connectivity index (χ4v) is 3.11. The lowest BCUT2D eigenvalue weighted by Crippen LogP contribution is -2.36. The summed E-state index contributed by atoms with van der Waals surface area (Å²) in [7, 11) is 0. The molecule has 8 nitrogen and oxygen atoms in total. The first-order valence-electron chi connectivity index (χ1n) is 7.47. The molecule has 0 atom stereocenters. The highest BCUT2D eigenvalue weighted by molar-refractivity contribution is 7.13. The molecule has 3 rings (SSSR count). The summed E-state index contributed by atoms with van der Waals surface area (Å²) < 4.78 is 4.94. The lowest BCUT2D eigenvalue weighted by atomic mass is 10.2. The largest absolute Gasteiger partial charge is 0.454 e. The number of nitrogens with zero attached hydrogens (tertiary/aromatic N) is 4. The second kappa shape index (κ2) is 7.32. The van der Waals surface area contributed by atoms with Gasteiger partial charge in [0.25, 0.3) is 5.91 Å². The standard InChI is InChI=1S/C14H17N5O3S/c20-12(15-10-4-1-2-5-10)9-22-13(21)8-19-17-14(16-18-19)11-6-3-7-23-11/h3,6-7,10H,1-2,4-5,8-9H2,(H,15,20). The molecule has 9 heteroatoms. The number of esters is 1. The Hall–Kier alpha value is -2.29. The Kier molecular flexibility index (Phi) is 4.96. The molecule has 1 aliphatic rings. The van der Waals surface area contributed by atoms with E-state index in [0.29, 0.717) is 5.82 Å². The van der Waals surface area contributed by atoms with Crippen LogP contribution in [0.3, 0.4) is 0 Å². The smallest absolute Gasteiger partial charge is 0.330 e. The van der Waals surface area contributed by atoms with Crippen LogP contribution in [-0.2, 0) is 20.9 Å².